The number of morpholine rings is 1. The summed E-state index contributed by atoms with van der Waals surface area (Å²) in [5, 5.41) is 13.3. The van der Waals surface area contributed by atoms with Crippen LogP contribution in [0.1, 0.15) is 38.4 Å². The van der Waals surface area contributed by atoms with Gasteiger partial charge in [-0.05, 0) is 56.4 Å². The number of ether oxygens (including phenoxy) is 1. The Balaban J connectivity index is 1.36. The van der Waals surface area contributed by atoms with E-state index >= 15 is 0 Å². The Hall–Kier alpha value is -4.22. The molecule has 1 aromatic heterocycles. The van der Waals surface area contributed by atoms with E-state index in [2.05, 4.69) is 30.7 Å². The van der Waals surface area contributed by atoms with Crippen LogP contribution in [-0.4, -0.2) is 109 Å². The molecule has 3 heterocycles. The van der Waals surface area contributed by atoms with Crippen LogP contribution in [0.5, 0.6) is 0 Å². The van der Waals surface area contributed by atoms with Crippen molar-refractivity contribution in [1.29, 1.82) is 0 Å². The summed E-state index contributed by atoms with van der Waals surface area (Å²) < 4.78 is 87.4. The number of hydrogen-bond acceptors (Lipinski definition) is 8. The van der Waals surface area contributed by atoms with Crippen LogP contribution in [0.3, 0.4) is 0 Å². The maximum absolute atomic E-state index is 13.5. The quantitative estimate of drug-likeness (QED) is 0.263. The summed E-state index contributed by atoms with van der Waals surface area (Å²) >= 11 is 0. The molecule has 0 radical (unpaired) electrons. The van der Waals surface area contributed by atoms with Crippen molar-refractivity contribution in [3.8, 4) is 5.69 Å². The van der Waals surface area contributed by atoms with Crippen molar-refractivity contribution in [2.75, 3.05) is 82.8 Å². The first-order valence-corrected chi connectivity index (χ1v) is 15.0. The molecule has 2 aromatic carbocycles. The van der Waals surface area contributed by atoms with Crippen LogP contribution >= 0.6 is 0 Å². The van der Waals surface area contributed by atoms with Gasteiger partial charge >= 0.3 is 12.4 Å². The number of rotatable bonds is 9. The van der Waals surface area contributed by atoms with Gasteiger partial charge in [-0.3, -0.25) is 14.5 Å². The zero-order chi connectivity index (χ0) is 33.8. The zero-order valence-corrected chi connectivity index (χ0v) is 25.5. The van der Waals surface area contributed by atoms with E-state index in [4.69, 9.17) is 4.74 Å². The molecule has 0 saturated carbocycles. The second kappa shape index (κ2) is 14.3. The van der Waals surface area contributed by atoms with Gasteiger partial charge in [0.25, 0.3) is 11.8 Å². The van der Waals surface area contributed by atoms with Gasteiger partial charge in [-0.2, -0.15) is 26.3 Å². The molecule has 2 saturated heterocycles. The van der Waals surface area contributed by atoms with Crippen molar-refractivity contribution in [2.45, 2.75) is 18.8 Å². The summed E-state index contributed by atoms with van der Waals surface area (Å²) in [4.78, 5) is 32.2. The monoisotopic (exact) mass is 668 g/mol. The Kier molecular flexibility index (Phi) is 10.4. The number of amides is 2. The molecule has 2 aliphatic rings. The number of nitrogens with zero attached hydrogens (tertiary/aromatic N) is 6. The summed E-state index contributed by atoms with van der Waals surface area (Å²) in [5.41, 5.74) is -2.98. The summed E-state index contributed by atoms with van der Waals surface area (Å²) in [6.45, 7) is 6.76. The fraction of sp³-hybridized carbons (Fsp3) is 0.467. The second-order valence-electron chi connectivity index (χ2n) is 11.4. The lowest BCUT2D eigenvalue weighted by atomic mass is 10.0. The number of halogens is 6. The second-order valence-corrected chi connectivity index (χ2v) is 11.4. The predicted molar refractivity (Wildman–Crippen MR) is 160 cm³/mol. The van der Waals surface area contributed by atoms with Gasteiger partial charge in [0.05, 0.1) is 47.6 Å². The van der Waals surface area contributed by atoms with E-state index < -0.39 is 40.9 Å². The Morgan fingerprint density at radius 1 is 0.872 bits per heavy atom. The van der Waals surface area contributed by atoms with E-state index in [-0.39, 0.29) is 17.4 Å². The molecule has 2 N–H and O–H groups in total. The number of carbonyl (C=O) groups excluding carboxylic acids is 2. The van der Waals surface area contributed by atoms with E-state index in [0.29, 0.717) is 69.4 Å². The smallest absolute Gasteiger partial charge is 0.379 e. The van der Waals surface area contributed by atoms with Crippen molar-refractivity contribution in [3.63, 3.8) is 0 Å². The molecule has 2 aliphatic heterocycles. The largest absolute Gasteiger partial charge is 0.416 e. The van der Waals surface area contributed by atoms with Gasteiger partial charge < -0.3 is 25.2 Å². The molecular weight excluding hydrogens is 634 g/mol. The highest BCUT2D eigenvalue weighted by Gasteiger charge is 2.37. The van der Waals surface area contributed by atoms with Gasteiger partial charge in [0, 0.05) is 51.4 Å². The molecule has 5 rings (SSSR count). The number of anilines is 2. The molecule has 0 spiro atoms. The van der Waals surface area contributed by atoms with Gasteiger partial charge in [-0.25, -0.2) is 4.68 Å². The van der Waals surface area contributed by atoms with Crippen LogP contribution in [0.2, 0.25) is 0 Å². The Morgan fingerprint density at radius 3 is 2.17 bits per heavy atom. The van der Waals surface area contributed by atoms with Gasteiger partial charge in [-0.1, -0.05) is 5.21 Å². The van der Waals surface area contributed by atoms with Crippen molar-refractivity contribution in [1.82, 2.24) is 30.1 Å². The fourth-order valence-electron chi connectivity index (χ4n) is 5.28. The van der Waals surface area contributed by atoms with Crippen LogP contribution in [-0.2, 0) is 17.1 Å². The maximum atomic E-state index is 13.5. The molecule has 0 unspecified atom stereocenters. The van der Waals surface area contributed by atoms with E-state index in [1.165, 1.54) is 16.9 Å². The average Bonchev–Trinajstić information content (AvgIpc) is 3.54. The molecule has 0 atom stereocenters. The lowest BCUT2D eigenvalue weighted by Crippen LogP contribution is -2.44. The molecule has 254 valence electrons. The van der Waals surface area contributed by atoms with E-state index in [9.17, 15) is 35.9 Å². The molecule has 47 heavy (non-hydrogen) atoms. The van der Waals surface area contributed by atoms with Crippen LogP contribution in [0.25, 0.3) is 5.69 Å². The number of likely N-dealkylation sites (N-methyl/N-ethyl adjacent to an activating group) is 1. The fourth-order valence-corrected chi connectivity index (χ4v) is 5.28. The van der Waals surface area contributed by atoms with Gasteiger partial charge in [0.2, 0.25) is 0 Å². The standard InChI is InChI=1S/C30H34F6N8O3/c1-41-7-9-43(10-8-41)26-4-3-23(44-19-25(39-40-44)28(46)37-5-2-6-42-11-13-47-14-12-42)18-24(26)38-27(45)20-15-21(29(31,32)33)17-22(16-20)30(34,35)36/h3-4,15-19H,2,5-14H2,1H3,(H,37,46)(H,38,45). The summed E-state index contributed by atoms with van der Waals surface area (Å²) in [7, 11) is 1.94. The van der Waals surface area contributed by atoms with Crippen LogP contribution in [0.4, 0.5) is 37.7 Å². The minimum atomic E-state index is -5.11. The number of alkyl halides is 6. The first-order valence-electron chi connectivity index (χ1n) is 15.0. The van der Waals surface area contributed by atoms with E-state index in [1.54, 1.807) is 12.1 Å². The summed E-state index contributed by atoms with van der Waals surface area (Å²) in [5.74, 6) is -1.60. The first-order chi connectivity index (χ1) is 22.3. The van der Waals surface area contributed by atoms with Gasteiger partial charge in [0.15, 0.2) is 5.69 Å². The molecule has 2 amide bonds. The van der Waals surface area contributed by atoms with Crippen molar-refractivity contribution < 1.29 is 40.7 Å². The summed E-state index contributed by atoms with van der Waals surface area (Å²) in [6.07, 6.45) is -8.11. The third-order valence-corrected chi connectivity index (χ3v) is 7.95. The highest BCUT2D eigenvalue weighted by Crippen LogP contribution is 2.37. The molecule has 0 bridgehead atoms. The number of benzene rings is 2. The Labute approximate surface area is 266 Å². The van der Waals surface area contributed by atoms with Crippen LogP contribution < -0.4 is 15.5 Å². The minimum absolute atomic E-state index is 0.0321. The molecule has 2 fully saturated rings. The predicted octanol–water partition coefficient (Wildman–Crippen LogP) is 3.76. The molecule has 17 heteroatoms. The number of carbonyl (C=O) groups is 2. The maximum Gasteiger partial charge on any atom is 0.416 e. The first kappa shape index (κ1) is 34.1. The van der Waals surface area contributed by atoms with Gasteiger partial charge in [-0.15, -0.1) is 5.10 Å². The SMILES string of the molecule is CN1CCN(c2ccc(-n3cc(C(=O)NCCCN4CCOCC4)nn3)cc2NC(=O)c2cc(C(F)(F)F)cc(C(F)(F)F)c2)CC1. The van der Waals surface area contributed by atoms with E-state index in [0.717, 1.165) is 26.1 Å². The number of piperazine rings is 1. The third-order valence-electron chi connectivity index (χ3n) is 7.95. The van der Waals surface area contributed by atoms with Gasteiger partial charge in [0.1, 0.15) is 0 Å². The average molecular weight is 669 g/mol. The lowest BCUT2D eigenvalue weighted by Gasteiger charge is -2.35. The summed E-state index contributed by atoms with van der Waals surface area (Å²) in [6, 6.07) is 5.53. The van der Waals surface area contributed by atoms with Crippen molar-refractivity contribution in [2.24, 2.45) is 0 Å². The molecule has 3 aromatic rings. The Bertz CT molecular complexity index is 1530. The lowest BCUT2D eigenvalue weighted by molar-refractivity contribution is -0.143. The molecular formula is C30H34F6N8O3. The van der Waals surface area contributed by atoms with Crippen LogP contribution in [0.15, 0.2) is 42.6 Å². The normalized spacial score (nSPS) is 16.7. The van der Waals surface area contributed by atoms with Crippen molar-refractivity contribution >= 4 is 23.2 Å². The topological polar surface area (TPSA) is 108 Å². The van der Waals surface area contributed by atoms with Crippen LogP contribution in [0, 0.1) is 0 Å². The number of aromatic nitrogens is 3. The third kappa shape index (κ3) is 8.78. The Morgan fingerprint density at radius 2 is 1.53 bits per heavy atom. The molecule has 0 aliphatic carbocycles. The highest BCUT2D eigenvalue weighted by atomic mass is 19.4. The minimum Gasteiger partial charge on any atom is -0.379 e. The number of nitrogens with one attached hydrogen (secondary N) is 2. The molecule has 11 nitrogen and oxygen atoms in total. The van der Waals surface area contributed by atoms with Crippen molar-refractivity contribution in [3.05, 3.63) is 65.0 Å². The van der Waals surface area contributed by atoms with E-state index in [1.807, 2.05) is 11.9 Å². The zero-order valence-electron chi connectivity index (χ0n) is 25.5. The number of hydrogen-bond donors (Lipinski definition) is 2. The highest BCUT2D eigenvalue weighted by molar-refractivity contribution is 6.06.